The van der Waals surface area contributed by atoms with Gasteiger partial charge in [-0.2, -0.15) is 0 Å². The highest BCUT2D eigenvalue weighted by Crippen LogP contribution is 2.47. The summed E-state index contributed by atoms with van der Waals surface area (Å²) in [7, 11) is 6.09. The zero-order valence-electron chi connectivity index (χ0n) is 12.1. The Kier molecular flexibility index (Phi) is 2.73. The number of rotatable bonds is 2. The molecule has 0 saturated carbocycles. The maximum absolute atomic E-state index is 6.12. The van der Waals surface area contributed by atoms with Gasteiger partial charge in [0.05, 0.1) is 0 Å². The van der Waals surface area contributed by atoms with Gasteiger partial charge in [0.25, 0.3) is 0 Å². The van der Waals surface area contributed by atoms with E-state index in [1.807, 2.05) is 36.4 Å². The maximum atomic E-state index is 6.12. The third-order valence-corrected chi connectivity index (χ3v) is 4.17. The van der Waals surface area contributed by atoms with E-state index in [9.17, 15) is 0 Å². The highest BCUT2D eigenvalue weighted by Gasteiger charge is 2.22. The lowest BCUT2D eigenvalue weighted by Crippen LogP contribution is -2.10. The van der Waals surface area contributed by atoms with Crippen LogP contribution in [0.5, 0.6) is 11.5 Å². The lowest BCUT2D eigenvalue weighted by molar-refractivity contribution is 0.491. The molecule has 1 nitrogen and oxygen atoms in total. The molecule has 22 heavy (non-hydrogen) atoms. The van der Waals surface area contributed by atoms with E-state index in [0.717, 1.165) is 44.5 Å². The molecule has 0 bridgehead atoms. The Morgan fingerprint density at radius 1 is 0.955 bits per heavy atom. The van der Waals surface area contributed by atoms with Gasteiger partial charge in [-0.1, -0.05) is 67.2 Å². The van der Waals surface area contributed by atoms with Crippen LogP contribution in [0.25, 0.3) is 34.1 Å². The first-order valence-electron chi connectivity index (χ1n) is 7.16. The smallest absolute Gasteiger partial charge is 0.136 e. The lowest BCUT2D eigenvalue weighted by Gasteiger charge is -2.24. The number of benzene rings is 3. The second-order valence-corrected chi connectivity index (χ2v) is 5.34. The van der Waals surface area contributed by atoms with Crippen molar-refractivity contribution in [1.82, 2.24) is 0 Å². The van der Waals surface area contributed by atoms with Crippen molar-refractivity contribution >= 4 is 36.2 Å². The second-order valence-electron chi connectivity index (χ2n) is 5.34. The first-order chi connectivity index (χ1) is 10.7. The van der Waals surface area contributed by atoms with Crippen LogP contribution >= 0.6 is 0 Å². The van der Waals surface area contributed by atoms with Crippen LogP contribution < -0.4 is 10.2 Å². The first-order valence-corrected chi connectivity index (χ1v) is 7.16. The predicted molar refractivity (Wildman–Crippen MR) is 95.0 cm³/mol. The van der Waals surface area contributed by atoms with E-state index in [2.05, 4.69) is 31.4 Å². The van der Waals surface area contributed by atoms with Crippen LogP contribution in [-0.4, -0.2) is 7.85 Å². The Morgan fingerprint density at radius 2 is 1.73 bits per heavy atom. The monoisotopic (exact) mass is 280 g/mol. The van der Waals surface area contributed by atoms with E-state index < -0.39 is 0 Å². The van der Waals surface area contributed by atoms with Crippen molar-refractivity contribution in [2.45, 2.75) is 0 Å². The van der Waals surface area contributed by atoms with Crippen LogP contribution in [0.1, 0.15) is 11.1 Å². The Balaban J connectivity index is 2.21. The first kappa shape index (κ1) is 13.0. The average molecular weight is 280 g/mol. The lowest BCUT2D eigenvalue weighted by atomic mass is 9.86. The maximum Gasteiger partial charge on any atom is 0.136 e. The summed E-state index contributed by atoms with van der Waals surface area (Å²) in [6.07, 6.45) is 3.70. The van der Waals surface area contributed by atoms with E-state index in [1.54, 1.807) is 0 Å². The standard InChI is InChI=1S/C20H13BO/c1-3-12-11-18-19-14(13(12)4-2)7-5-8-15(19)16-9-6-10-17(21)20(16)22-18/h3-11H,1-2H2. The number of hydrogen-bond acceptors (Lipinski definition) is 1. The molecule has 1 heterocycles. The van der Waals surface area contributed by atoms with Gasteiger partial charge in [-0.3, -0.25) is 0 Å². The van der Waals surface area contributed by atoms with Crippen molar-refractivity contribution in [2.75, 3.05) is 0 Å². The third kappa shape index (κ3) is 1.61. The SMILES string of the molecule is [B]c1cccc2c1Oc1cc(C=C)c(C=C)c3cccc-2c13. The predicted octanol–water partition coefficient (Wildman–Crippen LogP) is 4.69. The molecule has 0 spiro atoms. The summed E-state index contributed by atoms with van der Waals surface area (Å²) in [6, 6.07) is 14.1. The molecule has 102 valence electrons. The molecule has 0 amide bonds. The van der Waals surface area contributed by atoms with Crippen LogP contribution in [0, 0.1) is 0 Å². The summed E-state index contributed by atoms with van der Waals surface area (Å²) in [5.74, 6) is 1.54. The van der Waals surface area contributed by atoms with Gasteiger partial charge in [-0.15, -0.1) is 0 Å². The molecule has 0 fully saturated rings. The molecule has 0 unspecified atom stereocenters. The Labute approximate surface area is 131 Å². The number of para-hydroxylation sites is 1. The molecular weight excluding hydrogens is 267 g/mol. The number of hydrogen-bond donors (Lipinski definition) is 0. The van der Waals surface area contributed by atoms with E-state index >= 15 is 0 Å². The fraction of sp³-hybridized carbons (Fsp3) is 0. The molecule has 3 aromatic carbocycles. The minimum absolute atomic E-state index is 0.646. The van der Waals surface area contributed by atoms with Crippen molar-refractivity contribution in [3.8, 4) is 22.6 Å². The van der Waals surface area contributed by atoms with Crippen LogP contribution in [0.4, 0.5) is 0 Å². The molecule has 1 aliphatic heterocycles. The zero-order valence-corrected chi connectivity index (χ0v) is 12.1. The number of fused-ring (bicyclic) bond motifs is 2. The summed E-state index contributed by atoms with van der Waals surface area (Å²) in [5.41, 5.74) is 4.89. The van der Waals surface area contributed by atoms with E-state index in [1.165, 1.54) is 0 Å². The molecule has 0 saturated heterocycles. The van der Waals surface area contributed by atoms with Gasteiger partial charge in [0.1, 0.15) is 19.3 Å². The summed E-state index contributed by atoms with van der Waals surface area (Å²) >= 11 is 0. The second kappa shape index (κ2) is 4.64. The highest BCUT2D eigenvalue weighted by molar-refractivity contribution is 6.35. The zero-order chi connectivity index (χ0) is 15.3. The van der Waals surface area contributed by atoms with E-state index in [0.29, 0.717) is 5.46 Å². The molecular formula is C20H13BO. The van der Waals surface area contributed by atoms with Crippen molar-refractivity contribution in [3.05, 3.63) is 66.7 Å². The van der Waals surface area contributed by atoms with Crippen LogP contribution in [0.15, 0.2) is 55.6 Å². The van der Waals surface area contributed by atoms with E-state index in [-0.39, 0.29) is 0 Å². The average Bonchev–Trinajstić information content (AvgIpc) is 2.55. The third-order valence-electron chi connectivity index (χ3n) is 4.17. The fourth-order valence-electron chi connectivity index (χ4n) is 3.18. The van der Waals surface area contributed by atoms with Crippen molar-refractivity contribution in [1.29, 1.82) is 0 Å². The Bertz CT molecular complexity index is 954. The van der Waals surface area contributed by atoms with Gasteiger partial charge in [0, 0.05) is 10.9 Å². The normalized spacial score (nSPS) is 11.6. The Morgan fingerprint density at radius 3 is 2.50 bits per heavy atom. The molecule has 0 aromatic heterocycles. The molecule has 0 N–H and O–H groups in total. The summed E-state index contributed by atoms with van der Waals surface area (Å²) in [5, 5.41) is 2.22. The van der Waals surface area contributed by atoms with Crippen LogP contribution in [-0.2, 0) is 0 Å². The topological polar surface area (TPSA) is 9.23 Å². The van der Waals surface area contributed by atoms with Crippen LogP contribution in [0.2, 0.25) is 0 Å². The van der Waals surface area contributed by atoms with Gasteiger partial charge < -0.3 is 4.74 Å². The van der Waals surface area contributed by atoms with Crippen molar-refractivity contribution in [3.63, 3.8) is 0 Å². The minimum Gasteiger partial charge on any atom is -0.457 e. The highest BCUT2D eigenvalue weighted by atomic mass is 16.5. The van der Waals surface area contributed by atoms with Crippen LogP contribution in [0.3, 0.4) is 0 Å². The van der Waals surface area contributed by atoms with Gasteiger partial charge >= 0.3 is 0 Å². The van der Waals surface area contributed by atoms with Gasteiger partial charge in [-0.05, 0) is 28.1 Å². The summed E-state index contributed by atoms with van der Waals surface area (Å²) < 4.78 is 6.12. The molecule has 4 rings (SSSR count). The molecule has 0 atom stereocenters. The molecule has 0 aliphatic carbocycles. The molecule has 2 heteroatoms. The van der Waals surface area contributed by atoms with Gasteiger partial charge in [-0.25, -0.2) is 0 Å². The molecule has 2 radical (unpaired) electrons. The van der Waals surface area contributed by atoms with Gasteiger partial charge in [0.2, 0.25) is 0 Å². The minimum atomic E-state index is 0.646. The largest absolute Gasteiger partial charge is 0.457 e. The summed E-state index contributed by atoms with van der Waals surface area (Å²) in [6.45, 7) is 7.84. The van der Waals surface area contributed by atoms with E-state index in [4.69, 9.17) is 12.6 Å². The van der Waals surface area contributed by atoms with Crippen molar-refractivity contribution < 1.29 is 4.74 Å². The summed E-state index contributed by atoms with van der Waals surface area (Å²) in [4.78, 5) is 0. The quantitative estimate of drug-likeness (QED) is 0.484. The van der Waals surface area contributed by atoms with Gasteiger partial charge in [0.15, 0.2) is 0 Å². The molecule has 3 aromatic rings. The fourth-order valence-corrected chi connectivity index (χ4v) is 3.18. The molecule has 1 aliphatic rings. The van der Waals surface area contributed by atoms with Crippen molar-refractivity contribution in [2.24, 2.45) is 0 Å². The Hall–Kier alpha value is -2.74. The number of ether oxygens (including phenoxy) is 1.